The summed E-state index contributed by atoms with van der Waals surface area (Å²) < 4.78 is 1.65. The van der Waals surface area contributed by atoms with Crippen molar-refractivity contribution in [2.75, 3.05) is 0 Å². The van der Waals surface area contributed by atoms with E-state index in [1.54, 1.807) is 18.5 Å². The SMILES string of the molecule is CC(=O)c1c(C)[nH]c(C(=O)C(C)Sc2nnnn2-c2ccc(C)cc2C)c1C. The van der Waals surface area contributed by atoms with Gasteiger partial charge in [-0.3, -0.25) is 9.59 Å². The third-order valence-corrected chi connectivity index (χ3v) is 5.74. The number of aromatic amines is 1. The first-order chi connectivity index (χ1) is 13.2. The predicted octanol–water partition coefficient (Wildman–Crippen LogP) is 3.79. The number of H-pyrrole nitrogens is 1. The lowest BCUT2D eigenvalue weighted by molar-refractivity contribution is 0.0988. The van der Waals surface area contributed by atoms with Crippen molar-refractivity contribution in [2.45, 2.75) is 51.9 Å². The number of carbonyl (C=O) groups excluding carboxylic acids is 2. The van der Waals surface area contributed by atoms with Crippen molar-refractivity contribution in [1.29, 1.82) is 0 Å². The number of thioether (sulfide) groups is 1. The van der Waals surface area contributed by atoms with Crippen molar-refractivity contribution in [3.63, 3.8) is 0 Å². The van der Waals surface area contributed by atoms with E-state index >= 15 is 0 Å². The Morgan fingerprint density at radius 1 is 1.18 bits per heavy atom. The van der Waals surface area contributed by atoms with Gasteiger partial charge in [0.1, 0.15) is 0 Å². The fourth-order valence-corrected chi connectivity index (χ4v) is 4.25. The summed E-state index contributed by atoms with van der Waals surface area (Å²) in [7, 11) is 0. The summed E-state index contributed by atoms with van der Waals surface area (Å²) in [4.78, 5) is 27.9. The van der Waals surface area contributed by atoms with Crippen molar-refractivity contribution in [1.82, 2.24) is 25.2 Å². The van der Waals surface area contributed by atoms with Crippen molar-refractivity contribution < 1.29 is 9.59 Å². The predicted molar refractivity (Wildman–Crippen MR) is 109 cm³/mol. The quantitative estimate of drug-likeness (QED) is 0.502. The summed E-state index contributed by atoms with van der Waals surface area (Å²) in [6.07, 6.45) is 0. The van der Waals surface area contributed by atoms with Crippen LogP contribution in [0.1, 0.15) is 57.1 Å². The molecule has 2 aromatic heterocycles. The van der Waals surface area contributed by atoms with Gasteiger partial charge < -0.3 is 4.98 Å². The molecule has 0 aliphatic rings. The summed E-state index contributed by atoms with van der Waals surface area (Å²) in [6.45, 7) is 11.0. The number of rotatable bonds is 6. The van der Waals surface area contributed by atoms with E-state index < -0.39 is 5.25 Å². The number of nitrogens with zero attached hydrogens (tertiary/aromatic N) is 4. The topological polar surface area (TPSA) is 93.5 Å². The monoisotopic (exact) mass is 397 g/mol. The number of Topliss-reactive ketones (excluding diaryl/α,β-unsaturated/α-hetero) is 2. The first-order valence-electron chi connectivity index (χ1n) is 8.97. The van der Waals surface area contributed by atoms with Gasteiger partial charge in [0.05, 0.1) is 16.6 Å². The molecule has 0 spiro atoms. The Morgan fingerprint density at radius 3 is 2.50 bits per heavy atom. The minimum Gasteiger partial charge on any atom is -0.355 e. The van der Waals surface area contributed by atoms with Crippen molar-refractivity contribution >= 4 is 23.3 Å². The van der Waals surface area contributed by atoms with Crippen LogP contribution in [-0.2, 0) is 0 Å². The number of carbonyl (C=O) groups is 2. The second kappa shape index (κ2) is 7.71. The van der Waals surface area contributed by atoms with Crippen molar-refractivity contribution in [2.24, 2.45) is 0 Å². The van der Waals surface area contributed by atoms with E-state index in [-0.39, 0.29) is 11.6 Å². The lowest BCUT2D eigenvalue weighted by atomic mass is 10.0. The molecule has 0 saturated heterocycles. The lowest BCUT2D eigenvalue weighted by Gasteiger charge is -2.11. The van der Waals surface area contributed by atoms with Crippen molar-refractivity contribution in [3.05, 3.63) is 51.8 Å². The lowest BCUT2D eigenvalue weighted by Crippen LogP contribution is -2.16. The van der Waals surface area contributed by atoms with E-state index in [2.05, 4.69) is 26.6 Å². The molecule has 0 aliphatic heterocycles. The van der Waals surface area contributed by atoms with Crippen LogP contribution in [0.5, 0.6) is 0 Å². The van der Waals surface area contributed by atoms with Gasteiger partial charge in [0.25, 0.3) is 0 Å². The Hall–Kier alpha value is -2.74. The van der Waals surface area contributed by atoms with Gasteiger partial charge in [-0.15, -0.1) is 5.10 Å². The Balaban J connectivity index is 1.88. The maximum absolute atomic E-state index is 13.0. The molecule has 0 aliphatic carbocycles. The van der Waals surface area contributed by atoms with Crippen LogP contribution < -0.4 is 0 Å². The fraction of sp³-hybridized carbons (Fsp3) is 0.350. The summed E-state index contributed by atoms with van der Waals surface area (Å²) >= 11 is 1.29. The molecule has 28 heavy (non-hydrogen) atoms. The minimum atomic E-state index is -0.424. The zero-order valence-electron chi connectivity index (χ0n) is 16.8. The Morgan fingerprint density at radius 2 is 1.89 bits per heavy atom. The largest absolute Gasteiger partial charge is 0.355 e. The normalized spacial score (nSPS) is 12.2. The third kappa shape index (κ3) is 3.64. The molecule has 3 rings (SSSR count). The number of benzene rings is 1. The van der Waals surface area contributed by atoms with Gasteiger partial charge in [-0.05, 0) is 69.2 Å². The van der Waals surface area contributed by atoms with Crippen LogP contribution in [0.2, 0.25) is 0 Å². The molecule has 3 aromatic rings. The maximum Gasteiger partial charge on any atom is 0.214 e. The molecule has 1 atom stereocenters. The highest BCUT2D eigenvalue weighted by molar-refractivity contribution is 8.00. The summed E-state index contributed by atoms with van der Waals surface area (Å²) in [6, 6.07) is 6.03. The molecular weight excluding hydrogens is 374 g/mol. The highest BCUT2D eigenvalue weighted by atomic mass is 32.2. The number of nitrogens with one attached hydrogen (secondary N) is 1. The van der Waals surface area contributed by atoms with E-state index in [9.17, 15) is 9.59 Å². The highest BCUT2D eigenvalue weighted by Gasteiger charge is 2.26. The highest BCUT2D eigenvalue weighted by Crippen LogP contribution is 2.28. The van der Waals surface area contributed by atoms with Gasteiger partial charge >= 0.3 is 0 Å². The zero-order valence-corrected chi connectivity index (χ0v) is 17.6. The third-order valence-electron chi connectivity index (χ3n) is 4.71. The molecule has 2 heterocycles. The van der Waals surface area contributed by atoms with Gasteiger partial charge in [0, 0.05) is 11.3 Å². The van der Waals surface area contributed by atoms with Crippen LogP contribution in [0.3, 0.4) is 0 Å². The van der Waals surface area contributed by atoms with Gasteiger partial charge in [-0.1, -0.05) is 29.5 Å². The second-order valence-electron chi connectivity index (χ2n) is 6.97. The first-order valence-corrected chi connectivity index (χ1v) is 9.85. The number of aryl methyl sites for hydroxylation is 3. The van der Waals surface area contributed by atoms with E-state index in [4.69, 9.17) is 0 Å². The molecule has 1 unspecified atom stereocenters. The van der Waals surface area contributed by atoms with Gasteiger partial charge in [0.2, 0.25) is 5.16 Å². The van der Waals surface area contributed by atoms with Gasteiger partial charge in [-0.25, -0.2) is 0 Å². The minimum absolute atomic E-state index is 0.0515. The molecule has 146 valence electrons. The Kier molecular flexibility index (Phi) is 5.51. The number of tetrazole rings is 1. The van der Waals surface area contributed by atoms with E-state index in [1.807, 2.05) is 32.9 Å². The number of hydrogen-bond acceptors (Lipinski definition) is 6. The maximum atomic E-state index is 13.0. The van der Waals surface area contributed by atoms with Gasteiger partial charge in [0.15, 0.2) is 11.6 Å². The number of ketones is 2. The summed E-state index contributed by atoms with van der Waals surface area (Å²) in [5, 5.41) is 12.1. The van der Waals surface area contributed by atoms with Crippen LogP contribution in [0.4, 0.5) is 0 Å². The van der Waals surface area contributed by atoms with E-state index in [0.29, 0.717) is 27.7 Å². The first kappa shape index (κ1) is 20.0. The van der Waals surface area contributed by atoms with Crippen LogP contribution in [0, 0.1) is 27.7 Å². The van der Waals surface area contributed by atoms with Gasteiger partial charge in [-0.2, -0.15) is 4.68 Å². The molecule has 7 nitrogen and oxygen atoms in total. The smallest absolute Gasteiger partial charge is 0.214 e. The molecule has 0 bridgehead atoms. The number of hydrogen-bond donors (Lipinski definition) is 1. The number of aromatic nitrogens is 5. The summed E-state index contributed by atoms with van der Waals surface area (Å²) in [5.74, 6) is -0.141. The molecule has 0 radical (unpaired) electrons. The molecular formula is C20H23N5O2S. The van der Waals surface area contributed by atoms with Crippen LogP contribution >= 0.6 is 11.8 Å². The molecule has 0 amide bonds. The van der Waals surface area contributed by atoms with Crippen LogP contribution in [0.15, 0.2) is 23.4 Å². The average molecular weight is 398 g/mol. The average Bonchev–Trinajstić information content (AvgIpc) is 3.18. The fourth-order valence-electron chi connectivity index (χ4n) is 3.39. The molecule has 1 aromatic carbocycles. The molecule has 1 N–H and O–H groups in total. The Labute approximate surface area is 167 Å². The van der Waals surface area contributed by atoms with Crippen molar-refractivity contribution in [3.8, 4) is 5.69 Å². The van der Waals surface area contributed by atoms with Crippen LogP contribution in [-0.4, -0.2) is 42.0 Å². The molecule has 0 saturated carbocycles. The molecule has 0 fully saturated rings. The van der Waals surface area contributed by atoms with E-state index in [1.165, 1.54) is 18.7 Å². The standard InChI is InChI=1S/C20H23N5O2S/c1-10-7-8-16(11(2)9-10)25-20(22-23-24-25)28-15(6)19(27)18-12(3)17(14(5)26)13(4)21-18/h7-9,15,21H,1-6H3. The Bertz CT molecular complexity index is 1070. The second-order valence-corrected chi connectivity index (χ2v) is 8.28. The zero-order chi connectivity index (χ0) is 20.6. The van der Waals surface area contributed by atoms with E-state index in [0.717, 1.165) is 16.8 Å². The molecule has 8 heteroatoms. The summed E-state index contributed by atoms with van der Waals surface area (Å²) in [5.41, 5.74) is 5.54. The van der Waals surface area contributed by atoms with Crippen LogP contribution in [0.25, 0.3) is 5.69 Å².